The van der Waals surface area contributed by atoms with E-state index in [0.29, 0.717) is 19.8 Å². The molecule has 0 atom stereocenters. The third-order valence-electron chi connectivity index (χ3n) is 4.48. The van der Waals surface area contributed by atoms with E-state index in [1.807, 2.05) is 52.0 Å². The summed E-state index contributed by atoms with van der Waals surface area (Å²) < 4.78 is 28.4. The molecule has 0 amide bonds. The molecular formula is C16H23BO5. The molecule has 1 aromatic carbocycles. The van der Waals surface area contributed by atoms with Crippen molar-refractivity contribution in [2.75, 3.05) is 19.8 Å². The maximum absolute atomic E-state index is 6.03. The Kier molecular flexibility index (Phi) is 4.20. The van der Waals surface area contributed by atoms with Crippen molar-refractivity contribution in [2.45, 2.75) is 45.2 Å². The number of hydrogen-bond donors (Lipinski definition) is 0. The topological polar surface area (TPSA) is 46.2 Å². The van der Waals surface area contributed by atoms with Crippen LogP contribution in [-0.4, -0.2) is 44.4 Å². The molecule has 1 aromatic rings. The Morgan fingerprint density at radius 2 is 1.55 bits per heavy atom. The second-order valence-electron chi connectivity index (χ2n) is 6.64. The van der Waals surface area contributed by atoms with Gasteiger partial charge in [-0.05, 0) is 45.3 Å². The fraction of sp³-hybridized carbons (Fsp3) is 0.625. The first-order valence-electron chi connectivity index (χ1n) is 7.69. The molecule has 120 valence electrons. The maximum atomic E-state index is 6.03. The zero-order valence-electron chi connectivity index (χ0n) is 13.6. The lowest BCUT2D eigenvalue weighted by Gasteiger charge is -2.32. The summed E-state index contributed by atoms with van der Waals surface area (Å²) in [6.45, 7) is 9.86. The van der Waals surface area contributed by atoms with E-state index in [-0.39, 0.29) is 24.6 Å². The fourth-order valence-electron chi connectivity index (χ4n) is 2.37. The monoisotopic (exact) mass is 306 g/mol. The second-order valence-corrected chi connectivity index (χ2v) is 6.64. The Balaban J connectivity index is 1.60. The molecule has 0 saturated carbocycles. The predicted octanol–water partition coefficient (Wildman–Crippen LogP) is 1.74. The smallest absolute Gasteiger partial charge is 0.488 e. The molecule has 22 heavy (non-hydrogen) atoms. The van der Waals surface area contributed by atoms with E-state index in [0.717, 1.165) is 11.2 Å². The minimum absolute atomic E-state index is 0.261. The van der Waals surface area contributed by atoms with Gasteiger partial charge in [0.2, 0.25) is 0 Å². The predicted molar refractivity (Wildman–Crippen MR) is 83.3 cm³/mol. The molecule has 5 nitrogen and oxygen atoms in total. The molecule has 2 saturated heterocycles. The highest BCUT2D eigenvalue weighted by atomic mass is 16.7. The van der Waals surface area contributed by atoms with Crippen LogP contribution in [0, 0.1) is 0 Å². The van der Waals surface area contributed by atoms with E-state index in [4.69, 9.17) is 23.5 Å². The van der Waals surface area contributed by atoms with Crippen molar-refractivity contribution in [2.24, 2.45) is 0 Å². The summed E-state index contributed by atoms with van der Waals surface area (Å²) in [6, 6.07) is 7.76. The van der Waals surface area contributed by atoms with Crippen molar-refractivity contribution in [1.29, 1.82) is 0 Å². The van der Waals surface area contributed by atoms with Crippen LogP contribution in [0.15, 0.2) is 24.3 Å². The van der Waals surface area contributed by atoms with E-state index in [1.54, 1.807) is 0 Å². The van der Waals surface area contributed by atoms with Crippen molar-refractivity contribution >= 4 is 12.6 Å². The van der Waals surface area contributed by atoms with E-state index < -0.39 is 0 Å². The van der Waals surface area contributed by atoms with E-state index in [9.17, 15) is 0 Å². The van der Waals surface area contributed by atoms with Crippen LogP contribution in [-0.2, 0) is 18.8 Å². The molecule has 6 heteroatoms. The molecule has 2 aliphatic rings. The molecule has 3 rings (SSSR count). The molecule has 0 aromatic heterocycles. The molecular weight excluding hydrogens is 283 g/mol. The molecule has 2 fully saturated rings. The summed E-state index contributed by atoms with van der Waals surface area (Å²) in [4.78, 5) is 0. The van der Waals surface area contributed by atoms with Gasteiger partial charge in [-0.2, -0.15) is 0 Å². The van der Waals surface area contributed by atoms with Crippen LogP contribution < -0.4 is 10.2 Å². The zero-order valence-corrected chi connectivity index (χ0v) is 13.6. The minimum Gasteiger partial charge on any atom is -0.488 e. The first kappa shape index (κ1) is 15.8. The largest absolute Gasteiger partial charge is 0.494 e. The second kappa shape index (κ2) is 5.85. The molecule has 2 aliphatic heterocycles. The number of hydrogen-bond acceptors (Lipinski definition) is 5. The standard InChI is InChI=1S/C16H23BO5/c1-15(2)16(3,4)22-17(21-15)12-5-7-13(8-6-12)20-11-14-18-9-10-19-14/h5-8,14H,9-11H2,1-4H3. The van der Waals surface area contributed by atoms with Gasteiger partial charge in [0, 0.05) is 0 Å². The third kappa shape index (κ3) is 3.15. The first-order valence-corrected chi connectivity index (χ1v) is 7.69. The SMILES string of the molecule is CC1(C)OB(c2ccc(OCC3OCCO3)cc2)OC1(C)C. The lowest BCUT2D eigenvalue weighted by atomic mass is 9.79. The van der Waals surface area contributed by atoms with Gasteiger partial charge in [-0.15, -0.1) is 0 Å². The van der Waals surface area contributed by atoms with Crippen LogP contribution in [0.2, 0.25) is 0 Å². The highest BCUT2D eigenvalue weighted by Gasteiger charge is 2.51. The summed E-state index contributed by atoms with van der Waals surface area (Å²) in [6.07, 6.45) is -0.261. The van der Waals surface area contributed by atoms with Crippen LogP contribution in [0.4, 0.5) is 0 Å². The molecule has 0 N–H and O–H groups in total. The number of rotatable bonds is 4. The normalized spacial score (nSPS) is 23.9. The lowest BCUT2D eigenvalue weighted by Crippen LogP contribution is -2.41. The van der Waals surface area contributed by atoms with Crippen LogP contribution in [0.3, 0.4) is 0 Å². The van der Waals surface area contributed by atoms with Crippen LogP contribution in [0.1, 0.15) is 27.7 Å². The van der Waals surface area contributed by atoms with Gasteiger partial charge in [-0.3, -0.25) is 0 Å². The van der Waals surface area contributed by atoms with E-state index in [1.165, 1.54) is 0 Å². The van der Waals surface area contributed by atoms with Crippen LogP contribution in [0.25, 0.3) is 0 Å². The summed E-state index contributed by atoms with van der Waals surface area (Å²) in [5.41, 5.74) is 0.327. The molecule has 2 heterocycles. The van der Waals surface area contributed by atoms with Gasteiger partial charge in [0.25, 0.3) is 0 Å². The van der Waals surface area contributed by atoms with Crippen molar-refractivity contribution < 1.29 is 23.5 Å². The third-order valence-corrected chi connectivity index (χ3v) is 4.48. The van der Waals surface area contributed by atoms with Crippen molar-refractivity contribution in [1.82, 2.24) is 0 Å². The highest BCUT2D eigenvalue weighted by Crippen LogP contribution is 2.36. The summed E-state index contributed by atoms with van der Waals surface area (Å²) in [5, 5.41) is 0. The first-order chi connectivity index (χ1) is 10.4. The average Bonchev–Trinajstić information content (AvgIpc) is 3.04. The summed E-state index contributed by atoms with van der Waals surface area (Å²) >= 11 is 0. The van der Waals surface area contributed by atoms with Crippen molar-refractivity contribution in [3.05, 3.63) is 24.3 Å². The van der Waals surface area contributed by atoms with Gasteiger partial charge >= 0.3 is 7.12 Å². The number of ether oxygens (including phenoxy) is 3. The van der Waals surface area contributed by atoms with Gasteiger partial charge in [-0.1, -0.05) is 12.1 Å². The van der Waals surface area contributed by atoms with Gasteiger partial charge in [-0.25, -0.2) is 0 Å². The Hall–Kier alpha value is -1.08. The summed E-state index contributed by atoms with van der Waals surface area (Å²) in [7, 11) is -0.347. The van der Waals surface area contributed by atoms with E-state index >= 15 is 0 Å². The Labute approximate surface area is 132 Å². The number of benzene rings is 1. The van der Waals surface area contributed by atoms with Gasteiger partial charge < -0.3 is 23.5 Å². The quantitative estimate of drug-likeness (QED) is 0.793. The van der Waals surface area contributed by atoms with Gasteiger partial charge in [0.05, 0.1) is 24.4 Å². The average molecular weight is 306 g/mol. The summed E-state index contributed by atoms with van der Waals surface area (Å²) in [5.74, 6) is 0.777. The Morgan fingerprint density at radius 1 is 1.00 bits per heavy atom. The van der Waals surface area contributed by atoms with Gasteiger partial charge in [0.1, 0.15) is 12.4 Å². The fourth-order valence-corrected chi connectivity index (χ4v) is 2.37. The maximum Gasteiger partial charge on any atom is 0.494 e. The molecule has 0 spiro atoms. The highest BCUT2D eigenvalue weighted by molar-refractivity contribution is 6.62. The minimum atomic E-state index is -0.347. The molecule has 0 bridgehead atoms. The van der Waals surface area contributed by atoms with E-state index in [2.05, 4.69) is 0 Å². The lowest BCUT2D eigenvalue weighted by molar-refractivity contribution is -0.0684. The van der Waals surface area contributed by atoms with Crippen LogP contribution >= 0.6 is 0 Å². The molecule has 0 unspecified atom stereocenters. The Bertz CT molecular complexity index is 492. The van der Waals surface area contributed by atoms with Crippen molar-refractivity contribution in [3.8, 4) is 5.75 Å². The zero-order chi connectivity index (χ0) is 15.8. The van der Waals surface area contributed by atoms with Crippen LogP contribution in [0.5, 0.6) is 5.75 Å². The van der Waals surface area contributed by atoms with Gasteiger partial charge in [0.15, 0.2) is 6.29 Å². The van der Waals surface area contributed by atoms with Crippen molar-refractivity contribution in [3.63, 3.8) is 0 Å². The molecule has 0 radical (unpaired) electrons. The Morgan fingerprint density at radius 3 is 2.09 bits per heavy atom. The molecule has 0 aliphatic carbocycles.